The van der Waals surface area contributed by atoms with Gasteiger partial charge in [-0.25, -0.2) is 0 Å². The Labute approximate surface area is 386 Å². The van der Waals surface area contributed by atoms with Gasteiger partial charge in [-0.15, -0.1) is 0 Å². The van der Waals surface area contributed by atoms with Crippen molar-refractivity contribution in [2.24, 2.45) is 0 Å². The second kappa shape index (κ2) is 14.7. The van der Waals surface area contributed by atoms with Crippen LogP contribution in [0.15, 0.2) is 243 Å². The van der Waals surface area contributed by atoms with E-state index in [0.29, 0.717) is 0 Å². The molecular formula is C64H40B2. The van der Waals surface area contributed by atoms with Crippen molar-refractivity contribution in [3.8, 4) is 66.8 Å². The van der Waals surface area contributed by atoms with Crippen molar-refractivity contribution in [2.75, 3.05) is 0 Å². The third-order valence-electron chi connectivity index (χ3n) is 14.9. The standard InChI is InChI=1S/C64H40B2/c1-3-19-41(20-4-1)43-23-7-9-25-45(43)55-39-61(65-57-31-15-11-27-47(57)48-28-12-16-32-58(48)65)53-38-36-52-56(46-26-10-8-24-44(46)42-21-5-2-6-22-42)40-62(54-37-35-51(55)63(53)64(52)54)66-59-33-17-13-29-49(59)50-30-14-18-34-60(50)66/h1-40H. The summed E-state index contributed by atoms with van der Waals surface area (Å²) in [4.78, 5) is 0. The highest BCUT2D eigenvalue weighted by Crippen LogP contribution is 2.45. The number of fused-ring (bicyclic) bond motifs is 6. The molecule has 2 aliphatic heterocycles. The van der Waals surface area contributed by atoms with Crippen LogP contribution >= 0.6 is 0 Å². The molecule has 12 aromatic rings. The van der Waals surface area contributed by atoms with E-state index in [1.807, 2.05) is 0 Å². The molecule has 66 heavy (non-hydrogen) atoms. The van der Waals surface area contributed by atoms with E-state index in [-0.39, 0.29) is 13.4 Å². The smallest absolute Gasteiger partial charge is 0.0664 e. The first-order valence-electron chi connectivity index (χ1n) is 23.2. The summed E-state index contributed by atoms with van der Waals surface area (Å²) in [5.74, 6) is 0. The Morgan fingerprint density at radius 2 is 0.455 bits per heavy atom. The van der Waals surface area contributed by atoms with Crippen molar-refractivity contribution in [3.63, 3.8) is 0 Å². The van der Waals surface area contributed by atoms with E-state index in [9.17, 15) is 0 Å². The normalized spacial score (nSPS) is 12.5. The van der Waals surface area contributed by atoms with Crippen molar-refractivity contribution < 1.29 is 0 Å². The lowest BCUT2D eigenvalue weighted by Crippen LogP contribution is -2.49. The van der Waals surface area contributed by atoms with Gasteiger partial charge in [0.1, 0.15) is 0 Å². The van der Waals surface area contributed by atoms with E-state index >= 15 is 0 Å². The molecule has 2 aliphatic rings. The van der Waals surface area contributed by atoms with Gasteiger partial charge in [-0.3, -0.25) is 0 Å². The highest BCUT2D eigenvalue weighted by atomic mass is 14.3. The van der Waals surface area contributed by atoms with E-state index < -0.39 is 0 Å². The van der Waals surface area contributed by atoms with E-state index in [2.05, 4.69) is 243 Å². The minimum Gasteiger partial charge on any atom is -0.0664 e. The summed E-state index contributed by atoms with van der Waals surface area (Å²) >= 11 is 0. The minimum absolute atomic E-state index is 0.0657. The van der Waals surface area contributed by atoms with Crippen molar-refractivity contribution in [1.29, 1.82) is 0 Å². The van der Waals surface area contributed by atoms with E-state index in [0.717, 1.165) is 0 Å². The molecule has 0 amide bonds. The van der Waals surface area contributed by atoms with Crippen LogP contribution in [0.2, 0.25) is 0 Å². The zero-order valence-corrected chi connectivity index (χ0v) is 36.2. The molecule has 14 rings (SSSR count). The molecule has 0 N–H and O–H groups in total. The van der Waals surface area contributed by atoms with Gasteiger partial charge in [-0.2, -0.15) is 0 Å². The van der Waals surface area contributed by atoms with Gasteiger partial charge in [0, 0.05) is 0 Å². The summed E-state index contributed by atoms with van der Waals surface area (Å²) < 4.78 is 0. The average molecular weight is 831 g/mol. The lowest BCUT2D eigenvalue weighted by atomic mass is 9.37. The first-order valence-corrected chi connectivity index (χ1v) is 23.2. The topological polar surface area (TPSA) is 0 Å². The molecule has 2 heterocycles. The van der Waals surface area contributed by atoms with Crippen LogP contribution in [0.5, 0.6) is 0 Å². The molecule has 0 saturated heterocycles. The van der Waals surface area contributed by atoms with Gasteiger partial charge in [-0.05, 0) is 99.1 Å². The molecular weight excluding hydrogens is 790 g/mol. The van der Waals surface area contributed by atoms with Crippen LogP contribution in [0, 0.1) is 0 Å². The van der Waals surface area contributed by atoms with Crippen molar-refractivity contribution >= 4 is 78.5 Å². The Hall–Kier alpha value is -8.19. The monoisotopic (exact) mass is 830 g/mol. The number of rotatable bonds is 6. The van der Waals surface area contributed by atoms with Crippen molar-refractivity contribution in [2.45, 2.75) is 0 Å². The quantitative estimate of drug-likeness (QED) is 0.116. The van der Waals surface area contributed by atoms with Crippen LogP contribution in [0.25, 0.3) is 99.1 Å². The highest BCUT2D eigenvalue weighted by Gasteiger charge is 2.37. The minimum atomic E-state index is 0.0657. The molecule has 0 spiro atoms. The van der Waals surface area contributed by atoms with Gasteiger partial charge in [0.25, 0.3) is 0 Å². The Morgan fingerprint density at radius 3 is 0.803 bits per heavy atom. The largest absolute Gasteiger partial charge is 0.243 e. The van der Waals surface area contributed by atoms with Crippen molar-refractivity contribution in [1.82, 2.24) is 0 Å². The summed E-state index contributed by atoms with van der Waals surface area (Å²) in [7, 11) is 0. The molecule has 302 valence electrons. The van der Waals surface area contributed by atoms with Crippen LogP contribution < -0.4 is 32.8 Å². The van der Waals surface area contributed by atoms with Crippen LogP contribution in [-0.2, 0) is 0 Å². The molecule has 0 fully saturated rings. The zero-order chi connectivity index (χ0) is 43.3. The SMILES string of the molecule is c1ccc(-c2ccccc2-c2cc(B3c4ccccc4-c4ccccc43)c3ccc4c(-c5ccccc5-c5ccccc5)cc(B5c6ccccc6-c6ccccc65)c5ccc2c3c54)cc1. The number of hydrogen-bond donors (Lipinski definition) is 0. The summed E-state index contributed by atoms with van der Waals surface area (Å²) in [5.41, 5.74) is 23.4. The third-order valence-corrected chi connectivity index (χ3v) is 14.9. The molecule has 0 saturated carbocycles. The molecule has 0 bridgehead atoms. The maximum absolute atomic E-state index is 2.56. The maximum atomic E-state index is 2.56. The lowest BCUT2D eigenvalue weighted by Gasteiger charge is -2.25. The Morgan fingerprint density at radius 1 is 0.182 bits per heavy atom. The number of benzene rings is 12. The molecule has 0 atom stereocenters. The van der Waals surface area contributed by atoms with Gasteiger partial charge >= 0.3 is 0 Å². The Balaban J connectivity index is 1.16. The third kappa shape index (κ3) is 5.42. The second-order valence-corrected chi connectivity index (χ2v) is 18.1. The Bertz CT molecular complexity index is 3540. The highest BCUT2D eigenvalue weighted by molar-refractivity contribution is 7.01. The molecule has 12 aromatic carbocycles. The second-order valence-electron chi connectivity index (χ2n) is 18.1. The summed E-state index contributed by atoms with van der Waals surface area (Å²) in [6, 6.07) is 91.3. The van der Waals surface area contributed by atoms with E-state index in [1.54, 1.807) is 0 Å². The molecule has 0 unspecified atom stereocenters. The van der Waals surface area contributed by atoms with Crippen LogP contribution in [-0.4, -0.2) is 13.4 Å². The fraction of sp³-hybridized carbons (Fsp3) is 0. The first-order chi connectivity index (χ1) is 32.8. The van der Waals surface area contributed by atoms with Gasteiger partial charge in [-0.1, -0.05) is 275 Å². The van der Waals surface area contributed by atoms with Crippen LogP contribution in [0.3, 0.4) is 0 Å². The van der Waals surface area contributed by atoms with Gasteiger partial charge in [0.2, 0.25) is 13.4 Å². The molecule has 0 nitrogen and oxygen atoms in total. The lowest BCUT2D eigenvalue weighted by molar-refractivity contribution is 1.60. The molecule has 0 aromatic heterocycles. The molecule has 2 heteroatoms. The Kier molecular flexibility index (Phi) is 8.27. The average Bonchev–Trinajstić information content (AvgIpc) is 3.91. The van der Waals surface area contributed by atoms with Gasteiger partial charge in [0.15, 0.2) is 0 Å². The predicted molar refractivity (Wildman–Crippen MR) is 285 cm³/mol. The van der Waals surface area contributed by atoms with Gasteiger partial charge < -0.3 is 0 Å². The fourth-order valence-electron chi connectivity index (χ4n) is 12.1. The first kappa shape index (κ1) is 37.2. The van der Waals surface area contributed by atoms with E-state index in [4.69, 9.17) is 0 Å². The molecule has 0 aliphatic carbocycles. The fourth-order valence-corrected chi connectivity index (χ4v) is 12.1. The number of hydrogen-bond acceptors (Lipinski definition) is 0. The summed E-state index contributed by atoms with van der Waals surface area (Å²) in [5, 5.41) is 7.85. The van der Waals surface area contributed by atoms with Gasteiger partial charge in [0.05, 0.1) is 0 Å². The molecule has 0 radical (unpaired) electrons. The van der Waals surface area contributed by atoms with Crippen molar-refractivity contribution in [3.05, 3.63) is 243 Å². The summed E-state index contributed by atoms with van der Waals surface area (Å²) in [6.45, 7) is 0.131. The summed E-state index contributed by atoms with van der Waals surface area (Å²) in [6.07, 6.45) is 0. The zero-order valence-electron chi connectivity index (χ0n) is 36.2. The van der Waals surface area contributed by atoms with E-state index in [1.165, 1.54) is 132 Å². The predicted octanol–water partition coefficient (Wildman–Crippen LogP) is 12.2. The van der Waals surface area contributed by atoms with Crippen LogP contribution in [0.1, 0.15) is 0 Å². The maximum Gasteiger partial charge on any atom is 0.243 e. The van der Waals surface area contributed by atoms with Crippen LogP contribution in [0.4, 0.5) is 0 Å².